The van der Waals surface area contributed by atoms with Crippen molar-refractivity contribution in [2.75, 3.05) is 19.8 Å². The van der Waals surface area contributed by atoms with Crippen molar-refractivity contribution in [3.05, 3.63) is 39.8 Å². The van der Waals surface area contributed by atoms with E-state index in [2.05, 4.69) is 41.7 Å². The standard InChI is InChI=1S/C26H35N3O5S/c1-6-7-21-19(8-15(2)3)14-35-24(21)26-29-28-25(34-26)18-9-16(4)23(17(5)10-18)33-13-20(31)11-27-22(32)12-30/h9-10,14-15,20,30-31H,6-8,11-13H2,1-5H3,(H,27,32). The zero-order chi connectivity index (χ0) is 25.5. The first kappa shape index (κ1) is 26.8. The van der Waals surface area contributed by atoms with Crippen LogP contribution in [0.3, 0.4) is 0 Å². The summed E-state index contributed by atoms with van der Waals surface area (Å²) in [6.07, 6.45) is 2.18. The fraction of sp³-hybridized carbons (Fsp3) is 0.500. The Labute approximate surface area is 210 Å². The van der Waals surface area contributed by atoms with Crippen LogP contribution in [0.5, 0.6) is 5.75 Å². The summed E-state index contributed by atoms with van der Waals surface area (Å²) in [6, 6.07) is 3.84. The van der Waals surface area contributed by atoms with E-state index in [1.54, 1.807) is 11.3 Å². The van der Waals surface area contributed by atoms with Crippen molar-refractivity contribution >= 4 is 17.2 Å². The SMILES string of the molecule is CCCc1c(CC(C)C)csc1-c1nnc(-c2cc(C)c(OCC(O)CNC(=O)CO)c(C)c2)o1. The number of nitrogens with zero attached hydrogens (tertiary/aromatic N) is 2. The van der Waals surface area contributed by atoms with E-state index >= 15 is 0 Å². The van der Waals surface area contributed by atoms with Crippen molar-refractivity contribution in [2.24, 2.45) is 5.92 Å². The number of hydrogen-bond acceptors (Lipinski definition) is 8. The molecule has 0 aliphatic heterocycles. The van der Waals surface area contributed by atoms with Gasteiger partial charge in [-0.3, -0.25) is 4.79 Å². The Hall–Kier alpha value is -2.75. The highest BCUT2D eigenvalue weighted by Gasteiger charge is 2.20. The highest BCUT2D eigenvalue weighted by atomic mass is 32.1. The number of amides is 1. The predicted molar refractivity (Wildman–Crippen MR) is 137 cm³/mol. The Morgan fingerprint density at radius 2 is 1.89 bits per heavy atom. The van der Waals surface area contributed by atoms with E-state index in [1.165, 1.54) is 11.1 Å². The van der Waals surface area contributed by atoms with Gasteiger partial charge < -0.3 is 24.7 Å². The van der Waals surface area contributed by atoms with Gasteiger partial charge in [-0.25, -0.2) is 0 Å². The molecule has 190 valence electrons. The number of benzene rings is 1. The second-order valence-electron chi connectivity index (χ2n) is 9.20. The molecule has 0 spiro atoms. The average molecular weight is 502 g/mol. The van der Waals surface area contributed by atoms with Gasteiger partial charge in [0.25, 0.3) is 5.89 Å². The number of aromatic nitrogens is 2. The van der Waals surface area contributed by atoms with Gasteiger partial charge in [0.05, 0.1) is 4.88 Å². The summed E-state index contributed by atoms with van der Waals surface area (Å²) in [6.45, 7) is 9.86. The lowest BCUT2D eigenvalue weighted by Crippen LogP contribution is -2.36. The van der Waals surface area contributed by atoms with E-state index in [-0.39, 0.29) is 13.2 Å². The molecule has 0 aliphatic carbocycles. The Morgan fingerprint density at radius 1 is 1.20 bits per heavy atom. The van der Waals surface area contributed by atoms with Crippen molar-refractivity contribution < 1.29 is 24.2 Å². The number of hydrogen-bond donors (Lipinski definition) is 3. The van der Waals surface area contributed by atoms with Crippen LogP contribution in [0.15, 0.2) is 21.9 Å². The summed E-state index contributed by atoms with van der Waals surface area (Å²) in [5.41, 5.74) is 5.22. The second kappa shape index (κ2) is 12.3. The van der Waals surface area contributed by atoms with Crippen LogP contribution in [0.4, 0.5) is 0 Å². The van der Waals surface area contributed by atoms with Crippen LogP contribution in [0.25, 0.3) is 22.2 Å². The molecule has 2 aromatic heterocycles. The van der Waals surface area contributed by atoms with Crippen molar-refractivity contribution in [2.45, 2.75) is 60.0 Å². The lowest BCUT2D eigenvalue weighted by atomic mass is 9.98. The summed E-state index contributed by atoms with van der Waals surface area (Å²) >= 11 is 1.66. The summed E-state index contributed by atoms with van der Waals surface area (Å²) < 4.78 is 11.9. The molecule has 3 N–H and O–H groups in total. The molecule has 0 saturated heterocycles. The molecule has 1 aromatic carbocycles. The zero-order valence-electron chi connectivity index (χ0n) is 21.1. The van der Waals surface area contributed by atoms with E-state index < -0.39 is 18.6 Å². The lowest BCUT2D eigenvalue weighted by molar-refractivity contribution is -0.124. The number of aryl methyl sites for hydroxylation is 2. The van der Waals surface area contributed by atoms with Gasteiger partial charge >= 0.3 is 0 Å². The summed E-state index contributed by atoms with van der Waals surface area (Å²) in [5, 5.41) is 32.1. The Kier molecular flexibility index (Phi) is 9.42. The molecule has 0 saturated carbocycles. The average Bonchev–Trinajstić information content (AvgIpc) is 3.44. The van der Waals surface area contributed by atoms with Crippen molar-refractivity contribution in [3.8, 4) is 28.0 Å². The first-order valence-electron chi connectivity index (χ1n) is 12.0. The van der Waals surface area contributed by atoms with Gasteiger partial charge in [-0.1, -0.05) is 27.2 Å². The van der Waals surface area contributed by atoms with Crippen LogP contribution in [0.1, 0.15) is 49.4 Å². The van der Waals surface area contributed by atoms with Crippen molar-refractivity contribution in [3.63, 3.8) is 0 Å². The number of carbonyl (C=O) groups excluding carboxylic acids is 1. The van der Waals surface area contributed by atoms with Gasteiger partial charge in [0, 0.05) is 12.1 Å². The summed E-state index contributed by atoms with van der Waals surface area (Å²) in [4.78, 5) is 12.2. The highest BCUT2D eigenvalue weighted by molar-refractivity contribution is 7.13. The number of rotatable bonds is 12. The molecule has 9 heteroatoms. The molecular formula is C26H35N3O5S. The highest BCUT2D eigenvalue weighted by Crippen LogP contribution is 2.36. The maximum atomic E-state index is 11.1. The molecule has 1 atom stereocenters. The number of nitrogens with one attached hydrogen (secondary N) is 1. The van der Waals surface area contributed by atoms with Gasteiger partial charge in [-0.15, -0.1) is 21.5 Å². The normalized spacial score (nSPS) is 12.2. The molecule has 35 heavy (non-hydrogen) atoms. The predicted octanol–water partition coefficient (Wildman–Crippen LogP) is 4.08. The number of ether oxygens (including phenoxy) is 1. The van der Waals surface area contributed by atoms with Gasteiger partial charge in [-0.05, 0) is 72.4 Å². The van der Waals surface area contributed by atoms with Crippen molar-refractivity contribution in [1.29, 1.82) is 0 Å². The molecule has 3 aromatic rings. The summed E-state index contributed by atoms with van der Waals surface area (Å²) in [7, 11) is 0. The second-order valence-corrected chi connectivity index (χ2v) is 10.1. The van der Waals surface area contributed by atoms with Gasteiger partial charge in [0.15, 0.2) is 0 Å². The molecule has 1 amide bonds. The number of thiophene rings is 1. The fourth-order valence-corrected chi connectivity index (χ4v) is 5.05. The number of aliphatic hydroxyl groups is 2. The maximum Gasteiger partial charge on any atom is 0.258 e. The zero-order valence-corrected chi connectivity index (χ0v) is 21.9. The molecule has 0 bridgehead atoms. The number of carbonyl (C=O) groups is 1. The maximum absolute atomic E-state index is 11.1. The van der Waals surface area contributed by atoms with Crippen LogP contribution in [0, 0.1) is 19.8 Å². The van der Waals surface area contributed by atoms with E-state index in [4.69, 9.17) is 14.3 Å². The smallest absolute Gasteiger partial charge is 0.258 e. The minimum Gasteiger partial charge on any atom is -0.490 e. The Morgan fingerprint density at radius 3 is 2.51 bits per heavy atom. The molecule has 0 radical (unpaired) electrons. The minimum absolute atomic E-state index is 0.00194. The van der Waals surface area contributed by atoms with Crippen LogP contribution >= 0.6 is 11.3 Å². The number of aliphatic hydroxyl groups excluding tert-OH is 2. The molecule has 3 rings (SSSR count). The van der Waals surface area contributed by atoms with Gasteiger partial charge in [0.1, 0.15) is 25.1 Å². The molecule has 0 aliphatic rings. The first-order valence-corrected chi connectivity index (χ1v) is 12.8. The van der Waals surface area contributed by atoms with Crippen molar-refractivity contribution in [1.82, 2.24) is 15.5 Å². The van der Waals surface area contributed by atoms with Crippen LogP contribution in [0.2, 0.25) is 0 Å². The monoisotopic (exact) mass is 501 g/mol. The first-order chi connectivity index (χ1) is 16.7. The third-order valence-electron chi connectivity index (χ3n) is 5.53. The fourth-order valence-electron chi connectivity index (χ4n) is 3.99. The van der Waals surface area contributed by atoms with E-state index in [1.807, 2.05) is 26.0 Å². The molecule has 1 unspecified atom stereocenters. The Bertz CT molecular complexity index is 1110. The van der Waals surface area contributed by atoms with Crippen LogP contribution in [-0.4, -0.2) is 52.2 Å². The Balaban J connectivity index is 1.76. The van der Waals surface area contributed by atoms with E-state index in [0.717, 1.165) is 40.8 Å². The van der Waals surface area contributed by atoms with Crippen LogP contribution in [-0.2, 0) is 17.6 Å². The topological polar surface area (TPSA) is 118 Å². The quantitative estimate of drug-likeness (QED) is 0.342. The van der Waals surface area contributed by atoms with Crippen LogP contribution < -0.4 is 10.1 Å². The molecule has 8 nitrogen and oxygen atoms in total. The van der Waals surface area contributed by atoms with Gasteiger partial charge in [-0.2, -0.15) is 0 Å². The minimum atomic E-state index is -0.897. The lowest BCUT2D eigenvalue weighted by Gasteiger charge is -2.16. The van der Waals surface area contributed by atoms with Gasteiger partial charge in [0.2, 0.25) is 11.8 Å². The largest absolute Gasteiger partial charge is 0.490 e. The molecule has 0 fully saturated rings. The molecule has 2 heterocycles. The third kappa shape index (κ3) is 6.90. The third-order valence-corrected chi connectivity index (χ3v) is 6.59. The van der Waals surface area contributed by atoms with E-state index in [0.29, 0.717) is 23.4 Å². The van der Waals surface area contributed by atoms with E-state index in [9.17, 15) is 9.90 Å². The summed E-state index contributed by atoms with van der Waals surface area (Å²) in [5.74, 6) is 1.69. The molecular weight excluding hydrogens is 466 g/mol.